The van der Waals surface area contributed by atoms with E-state index in [1.165, 1.54) is 5.56 Å². The zero-order valence-corrected chi connectivity index (χ0v) is 11.2. The number of nitrogens with zero attached hydrogens (tertiary/aromatic N) is 1. The zero-order valence-electron chi connectivity index (χ0n) is 11.2. The van der Waals surface area contributed by atoms with Gasteiger partial charge in [-0.15, -0.1) is 0 Å². The van der Waals surface area contributed by atoms with Gasteiger partial charge in [0.25, 0.3) is 0 Å². The smallest absolute Gasteiger partial charge is 0.231 e. The lowest BCUT2D eigenvalue weighted by Gasteiger charge is -2.35. The Morgan fingerprint density at radius 2 is 2.26 bits per heavy atom. The monoisotopic (exact) mass is 264 g/mol. The second-order valence-corrected chi connectivity index (χ2v) is 4.97. The summed E-state index contributed by atoms with van der Waals surface area (Å²) in [6, 6.07) is 6.61. The molecule has 0 bridgehead atoms. The fourth-order valence-electron chi connectivity index (χ4n) is 2.64. The molecule has 0 aromatic heterocycles. The summed E-state index contributed by atoms with van der Waals surface area (Å²) >= 11 is 0. The number of benzene rings is 1. The van der Waals surface area contributed by atoms with Crippen molar-refractivity contribution in [1.29, 1.82) is 0 Å². The molecular weight excluding hydrogens is 244 g/mol. The quantitative estimate of drug-likeness (QED) is 0.873. The molecule has 104 valence electrons. The maximum Gasteiger partial charge on any atom is 0.231 e. The third-order valence-electron chi connectivity index (χ3n) is 3.65. The Labute approximate surface area is 113 Å². The van der Waals surface area contributed by atoms with E-state index in [2.05, 4.69) is 22.3 Å². The molecule has 0 saturated carbocycles. The SMILES string of the molecule is COCC1CNCCN1Cc1ccc2c(c1)OCO2. The Balaban J connectivity index is 1.69. The van der Waals surface area contributed by atoms with Gasteiger partial charge in [-0.1, -0.05) is 6.07 Å². The van der Waals surface area contributed by atoms with Gasteiger partial charge in [0.05, 0.1) is 6.61 Å². The van der Waals surface area contributed by atoms with Crippen molar-refractivity contribution >= 4 is 0 Å². The lowest BCUT2D eigenvalue weighted by Crippen LogP contribution is -2.52. The topological polar surface area (TPSA) is 43.0 Å². The molecule has 5 nitrogen and oxygen atoms in total. The predicted octanol–water partition coefficient (Wildman–Crippen LogP) is 0.835. The summed E-state index contributed by atoms with van der Waals surface area (Å²) in [5.41, 5.74) is 1.26. The first kappa shape index (κ1) is 12.7. The van der Waals surface area contributed by atoms with Gasteiger partial charge in [0.2, 0.25) is 6.79 Å². The van der Waals surface area contributed by atoms with Crippen molar-refractivity contribution in [1.82, 2.24) is 10.2 Å². The van der Waals surface area contributed by atoms with E-state index in [1.807, 2.05) is 6.07 Å². The third-order valence-corrected chi connectivity index (χ3v) is 3.65. The van der Waals surface area contributed by atoms with Crippen LogP contribution in [-0.2, 0) is 11.3 Å². The number of hydrogen-bond donors (Lipinski definition) is 1. The average Bonchev–Trinajstić information content (AvgIpc) is 2.89. The molecule has 3 rings (SSSR count). The maximum atomic E-state index is 5.42. The highest BCUT2D eigenvalue weighted by Gasteiger charge is 2.22. The summed E-state index contributed by atoms with van der Waals surface area (Å²) in [6.45, 7) is 5.08. The Morgan fingerprint density at radius 1 is 1.37 bits per heavy atom. The molecule has 1 saturated heterocycles. The van der Waals surface area contributed by atoms with Crippen LogP contribution in [0.15, 0.2) is 18.2 Å². The van der Waals surface area contributed by atoms with Crippen molar-refractivity contribution in [2.24, 2.45) is 0 Å². The number of ether oxygens (including phenoxy) is 3. The van der Waals surface area contributed by atoms with E-state index in [9.17, 15) is 0 Å². The van der Waals surface area contributed by atoms with Gasteiger partial charge in [-0.2, -0.15) is 0 Å². The molecule has 0 aliphatic carbocycles. The molecule has 2 heterocycles. The summed E-state index contributed by atoms with van der Waals surface area (Å²) in [7, 11) is 1.76. The van der Waals surface area contributed by atoms with Crippen LogP contribution in [0.25, 0.3) is 0 Å². The predicted molar refractivity (Wildman–Crippen MR) is 71.5 cm³/mol. The highest BCUT2D eigenvalue weighted by atomic mass is 16.7. The van der Waals surface area contributed by atoms with Crippen molar-refractivity contribution in [3.05, 3.63) is 23.8 Å². The summed E-state index contributed by atoms with van der Waals surface area (Å²) in [6.07, 6.45) is 0. The van der Waals surface area contributed by atoms with Crippen LogP contribution < -0.4 is 14.8 Å². The van der Waals surface area contributed by atoms with Crippen LogP contribution in [-0.4, -0.2) is 51.1 Å². The van der Waals surface area contributed by atoms with E-state index in [1.54, 1.807) is 7.11 Å². The van der Waals surface area contributed by atoms with E-state index in [0.29, 0.717) is 12.8 Å². The van der Waals surface area contributed by atoms with Crippen LogP contribution >= 0.6 is 0 Å². The summed E-state index contributed by atoms with van der Waals surface area (Å²) in [5, 5.41) is 3.41. The molecule has 1 N–H and O–H groups in total. The van der Waals surface area contributed by atoms with Crippen molar-refractivity contribution in [2.45, 2.75) is 12.6 Å². The number of methoxy groups -OCH3 is 1. The van der Waals surface area contributed by atoms with E-state index >= 15 is 0 Å². The first-order valence-corrected chi connectivity index (χ1v) is 6.69. The molecular formula is C14H20N2O3. The minimum Gasteiger partial charge on any atom is -0.454 e. The van der Waals surface area contributed by atoms with Gasteiger partial charge in [-0.3, -0.25) is 4.90 Å². The first-order valence-electron chi connectivity index (χ1n) is 6.69. The lowest BCUT2D eigenvalue weighted by molar-refractivity contribution is 0.0687. The van der Waals surface area contributed by atoms with Crippen molar-refractivity contribution in [2.75, 3.05) is 40.1 Å². The Kier molecular flexibility index (Phi) is 3.87. The van der Waals surface area contributed by atoms with Gasteiger partial charge >= 0.3 is 0 Å². The largest absolute Gasteiger partial charge is 0.454 e. The number of fused-ring (bicyclic) bond motifs is 1. The van der Waals surface area contributed by atoms with Crippen LogP contribution in [0.5, 0.6) is 11.5 Å². The molecule has 0 spiro atoms. The van der Waals surface area contributed by atoms with Crippen LogP contribution in [0.4, 0.5) is 0 Å². The highest BCUT2D eigenvalue weighted by Crippen LogP contribution is 2.32. The van der Waals surface area contributed by atoms with Crippen molar-refractivity contribution < 1.29 is 14.2 Å². The zero-order chi connectivity index (χ0) is 13.1. The number of piperazine rings is 1. The van der Waals surface area contributed by atoms with Crippen molar-refractivity contribution in [3.63, 3.8) is 0 Å². The van der Waals surface area contributed by atoms with E-state index in [4.69, 9.17) is 14.2 Å². The molecule has 0 radical (unpaired) electrons. The van der Waals surface area contributed by atoms with E-state index < -0.39 is 0 Å². The average molecular weight is 264 g/mol. The highest BCUT2D eigenvalue weighted by molar-refractivity contribution is 5.44. The first-order chi connectivity index (χ1) is 9.36. The Hall–Kier alpha value is -1.30. The molecule has 19 heavy (non-hydrogen) atoms. The van der Waals surface area contributed by atoms with E-state index in [-0.39, 0.29) is 0 Å². The summed E-state index contributed by atoms with van der Waals surface area (Å²) in [4.78, 5) is 2.46. The normalized spacial score (nSPS) is 22.7. The minimum absolute atomic E-state index is 0.332. The maximum absolute atomic E-state index is 5.42. The standard InChI is InChI=1S/C14H20N2O3/c1-17-9-12-7-15-4-5-16(12)8-11-2-3-13-14(6-11)19-10-18-13/h2-3,6,12,15H,4-5,7-10H2,1H3. The molecule has 1 unspecified atom stereocenters. The molecule has 1 aromatic rings. The number of hydrogen-bond acceptors (Lipinski definition) is 5. The molecule has 2 aliphatic heterocycles. The molecule has 1 aromatic carbocycles. The summed E-state index contributed by atoms with van der Waals surface area (Å²) in [5.74, 6) is 1.70. The number of rotatable bonds is 4. The Bertz CT molecular complexity index is 437. The molecule has 0 amide bonds. The Morgan fingerprint density at radius 3 is 3.16 bits per heavy atom. The molecule has 1 fully saturated rings. The van der Waals surface area contributed by atoms with Gasteiger partial charge < -0.3 is 19.5 Å². The molecule has 1 atom stereocenters. The third kappa shape index (κ3) is 2.83. The van der Waals surface area contributed by atoms with Crippen LogP contribution in [0.1, 0.15) is 5.56 Å². The van der Waals surface area contributed by atoms with Gasteiger partial charge in [-0.05, 0) is 17.7 Å². The second kappa shape index (κ2) is 5.77. The molecule has 2 aliphatic rings. The van der Waals surface area contributed by atoms with Crippen LogP contribution in [0.2, 0.25) is 0 Å². The van der Waals surface area contributed by atoms with Gasteiger partial charge in [0.15, 0.2) is 11.5 Å². The fourth-order valence-corrected chi connectivity index (χ4v) is 2.64. The molecule has 5 heteroatoms. The summed E-state index contributed by atoms with van der Waals surface area (Å²) < 4.78 is 16.1. The van der Waals surface area contributed by atoms with Gasteiger partial charge in [0.1, 0.15) is 0 Å². The minimum atomic E-state index is 0.332. The van der Waals surface area contributed by atoms with Crippen LogP contribution in [0, 0.1) is 0 Å². The lowest BCUT2D eigenvalue weighted by atomic mass is 10.1. The second-order valence-electron chi connectivity index (χ2n) is 4.97. The van der Waals surface area contributed by atoms with Crippen LogP contribution in [0.3, 0.4) is 0 Å². The van der Waals surface area contributed by atoms with E-state index in [0.717, 1.165) is 44.3 Å². The fraction of sp³-hybridized carbons (Fsp3) is 0.571. The van der Waals surface area contributed by atoms with Crippen molar-refractivity contribution in [3.8, 4) is 11.5 Å². The van der Waals surface area contributed by atoms with Gasteiger partial charge in [0, 0.05) is 39.3 Å². The number of nitrogens with one attached hydrogen (secondary N) is 1. The van der Waals surface area contributed by atoms with Gasteiger partial charge in [-0.25, -0.2) is 0 Å².